The second kappa shape index (κ2) is 7.62. The third-order valence-corrected chi connectivity index (χ3v) is 4.52. The predicted octanol–water partition coefficient (Wildman–Crippen LogP) is 5.77. The highest BCUT2D eigenvalue weighted by molar-refractivity contribution is 7.14. The average molecular weight is 375 g/mol. The maximum atomic E-state index is 12.0. The predicted molar refractivity (Wildman–Crippen MR) is 102 cm³/mol. The van der Waals surface area contributed by atoms with E-state index in [1.165, 1.54) is 17.4 Å². The van der Waals surface area contributed by atoms with Crippen LogP contribution in [0.1, 0.15) is 5.56 Å². The van der Waals surface area contributed by atoms with Gasteiger partial charge in [-0.2, -0.15) is 0 Å². The highest BCUT2D eigenvalue weighted by Gasteiger charge is 2.08. The van der Waals surface area contributed by atoms with Crippen LogP contribution in [0.3, 0.4) is 0 Å². The van der Waals surface area contributed by atoms with Gasteiger partial charge < -0.3 is 0 Å². The maximum absolute atomic E-state index is 12.0. The first-order valence-electron chi connectivity index (χ1n) is 7.07. The quantitative estimate of drug-likeness (QED) is 0.589. The molecule has 0 aliphatic rings. The van der Waals surface area contributed by atoms with Gasteiger partial charge in [0.25, 0.3) is 0 Å². The summed E-state index contributed by atoms with van der Waals surface area (Å²) >= 11 is 13.3. The molecule has 6 heteroatoms. The summed E-state index contributed by atoms with van der Waals surface area (Å²) in [5, 5.41) is 6.42. The second-order valence-corrected chi connectivity index (χ2v) is 6.59. The van der Waals surface area contributed by atoms with Crippen molar-refractivity contribution in [1.29, 1.82) is 0 Å². The summed E-state index contributed by atoms with van der Waals surface area (Å²) in [6, 6.07) is 14.7. The molecule has 0 spiro atoms. The number of hydrogen-bond donors (Lipinski definition) is 1. The number of aromatic nitrogens is 1. The zero-order valence-corrected chi connectivity index (χ0v) is 14.7. The first-order chi connectivity index (χ1) is 11.6. The van der Waals surface area contributed by atoms with E-state index in [0.717, 1.165) is 16.8 Å². The van der Waals surface area contributed by atoms with E-state index < -0.39 is 0 Å². The highest BCUT2D eigenvalue weighted by atomic mass is 35.5. The fourth-order valence-electron chi connectivity index (χ4n) is 2.02. The van der Waals surface area contributed by atoms with Crippen LogP contribution in [-0.2, 0) is 4.79 Å². The third-order valence-electron chi connectivity index (χ3n) is 3.18. The molecule has 0 saturated carbocycles. The number of anilines is 1. The Balaban J connectivity index is 1.67. The van der Waals surface area contributed by atoms with Crippen LogP contribution in [0.5, 0.6) is 0 Å². The molecule has 0 aliphatic carbocycles. The number of carbonyl (C=O) groups is 1. The summed E-state index contributed by atoms with van der Waals surface area (Å²) in [4.78, 5) is 16.4. The van der Waals surface area contributed by atoms with Gasteiger partial charge in [0.1, 0.15) is 0 Å². The number of hydrogen-bond acceptors (Lipinski definition) is 3. The van der Waals surface area contributed by atoms with Crippen molar-refractivity contribution in [3.8, 4) is 11.3 Å². The molecule has 0 bridgehead atoms. The minimum Gasteiger partial charge on any atom is -0.298 e. The summed E-state index contributed by atoms with van der Waals surface area (Å²) in [7, 11) is 0. The number of thiazole rings is 1. The van der Waals surface area contributed by atoms with Gasteiger partial charge in [-0.25, -0.2) is 4.98 Å². The van der Waals surface area contributed by atoms with E-state index in [4.69, 9.17) is 23.2 Å². The smallest absolute Gasteiger partial charge is 0.250 e. The van der Waals surface area contributed by atoms with Crippen LogP contribution in [0.2, 0.25) is 10.0 Å². The zero-order valence-electron chi connectivity index (χ0n) is 12.4. The molecule has 0 unspecified atom stereocenters. The van der Waals surface area contributed by atoms with Crippen LogP contribution in [0.15, 0.2) is 60.0 Å². The second-order valence-electron chi connectivity index (χ2n) is 4.89. The van der Waals surface area contributed by atoms with E-state index in [-0.39, 0.29) is 5.91 Å². The molecule has 1 heterocycles. The number of rotatable bonds is 4. The van der Waals surface area contributed by atoms with Crippen LogP contribution in [0.25, 0.3) is 17.3 Å². The molecule has 1 aromatic heterocycles. The zero-order chi connectivity index (χ0) is 16.9. The van der Waals surface area contributed by atoms with Gasteiger partial charge in [0.15, 0.2) is 5.13 Å². The largest absolute Gasteiger partial charge is 0.298 e. The van der Waals surface area contributed by atoms with Crippen molar-refractivity contribution in [3.05, 3.63) is 75.6 Å². The molecule has 1 amide bonds. The molecule has 1 N–H and O–H groups in total. The number of benzene rings is 2. The number of carbonyl (C=O) groups excluding carboxylic acids is 1. The van der Waals surface area contributed by atoms with Crippen molar-refractivity contribution >= 4 is 51.7 Å². The van der Waals surface area contributed by atoms with Crippen LogP contribution >= 0.6 is 34.5 Å². The first-order valence-corrected chi connectivity index (χ1v) is 8.70. The van der Waals surface area contributed by atoms with E-state index in [0.29, 0.717) is 15.2 Å². The Kier molecular flexibility index (Phi) is 5.30. The molecular weight excluding hydrogens is 363 g/mol. The summed E-state index contributed by atoms with van der Waals surface area (Å²) < 4.78 is 0. The fraction of sp³-hybridized carbons (Fsp3) is 0. The highest BCUT2D eigenvalue weighted by Crippen LogP contribution is 2.30. The Labute approximate surface area is 153 Å². The van der Waals surface area contributed by atoms with E-state index >= 15 is 0 Å². The van der Waals surface area contributed by atoms with Gasteiger partial charge in [-0.05, 0) is 29.8 Å². The monoisotopic (exact) mass is 374 g/mol. The van der Waals surface area contributed by atoms with Gasteiger partial charge in [0, 0.05) is 27.1 Å². The van der Waals surface area contributed by atoms with E-state index in [1.807, 2.05) is 41.8 Å². The Morgan fingerprint density at radius 3 is 2.58 bits per heavy atom. The minimum atomic E-state index is -0.245. The summed E-state index contributed by atoms with van der Waals surface area (Å²) in [5.74, 6) is -0.245. The molecule has 0 saturated heterocycles. The SMILES string of the molecule is O=C(/C=C/c1ccc(Cl)cc1)Nc1nc(-c2ccccc2Cl)cs1. The van der Waals surface area contributed by atoms with Gasteiger partial charge in [-0.15, -0.1) is 11.3 Å². The average Bonchev–Trinajstić information content (AvgIpc) is 3.03. The lowest BCUT2D eigenvalue weighted by Crippen LogP contribution is -2.07. The molecule has 3 nitrogen and oxygen atoms in total. The Morgan fingerprint density at radius 2 is 1.83 bits per heavy atom. The van der Waals surface area contributed by atoms with Crippen LogP contribution in [0, 0.1) is 0 Å². The van der Waals surface area contributed by atoms with Crippen molar-refractivity contribution in [3.63, 3.8) is 0 Å². The maximum Gasteiger partial charge on any atom is 0.250 e. The number of halogens is 2. The van der Waals surface area contributed by atoms with Crippen molar-refractivity contribution in [1.82, 2.24) is 4.98 Å². The molecule has 0 fully saturated rings. The topological polar surface area (TPSA) is 42.0 Å². The standard InChI is InChI=1S/C18H12Cl2N2OS/c19-13-8-5-12(6-9-13)7-10-17(23)22-18-21-16(11-24-18)14-3-1-2-4-15(14)20/h1-11H,(H,21,22,23)/b10-7+. The third kappa shape index (κ3) is 4.23. The molecule has 0 atom stereocenters. The van der Waals surface area contributed by atoms with Crippen LogP contribution < -0.4 is 5.32 Å². The van der Waals surface area contributed by atoms with Crippen LogP contribution in [-0.4, -0.2) is 10.9 Å². The lowest BCUT2D eigenvalue weighted by atomic mass is 10.2. The summed E-state index contributed by atoms with van der Waals surface area (Å²) in [5.41, 5.74) is 2.47. The van der Waals surface area contributed by atoms with Gasteiger partial charge in [-0.1, -0.05) is 53.5 Å². The summed E-state index contributed by atoms with van der Waals surface area (Å²) in [6.45, 7) is 0. The van der Waals surface area contributed by atoms with Gasteiger partial charge in [0.05, 0.1) is 5.69 Å². The Morgan fingerprint density at radius 1 is 1.08 bits per heavy atom. The molecule has 3 aromatic rings. The number of amides is 1. The van der Waals surface area contributed by atoms with E-state index in [1.54, 1.807) is 18.2 Å². The molecule has 2 aromatic carbocycles. The van der Waals surface area contributed by atoms with Gasteiger partial charge in [0.2, 0.25) is 5.91 Å². The molecule has 0 aliphatic heterocycles. The Hall–Kier alpha value is -2.14. The normalized spacial score (nSPS) is 10.9. The molecule has 3 rings (SSSR count). The van der Waals surface area contributed by atoms with E-state index in [2.05, 4.69) is 10.3 Å². The summed E-state index contributed by atoms with van der Waals surface area (Å²) in [6.07, 6.45) is 3.17. The molecule has 120 valence electrons. The fourth-order valence-corrected chi connectivity index (χ4v) is 3.09. The van der Waals surface area contributed by atoms with Crippen LogP contribution in [0.4, 0.5) is 5.13 Å². The Bertz CT molecular complexity index is 888. The van der Waals surface area contributed by atoms with Crippen molar-refractivity contribution in [2.24, 2.45) is 0 Å². The van der Waals surface area contributed by atoms with Gasteiger partial charge in [-0.3, -0.25) is 10.1 Å². The number of nitrogens with one attached hydrogen (secondary N) is 1. The minimum absolute atomic E-state index is 0.245. The van der Waals surface area contributed by atoms with E-state index in [9.17, 15) is 4.79 Å². The van der Waals surface area contributed by atoms with Gasteiger partial charge >= 0.3 is 0 Å². The molecule has 24 heavy (non-hydrogen) atoms. The molecule has 0 radical (unpaired) electrons. The van der Waals surface area contributed by atoms with Crippen molar-refractivity contribution in [2.45, 2.75) is 0 Å². The first kappa shape index (κ1) is 16.7. The molecular formula is C18H12Cl2N2OS. The lowest BCUT2D eigenvalue weighted by Gasteiger charge is -1.99. The number of nitrogens with zero attached hydrogens (tertiary/aromatic N) is 1. The van der Waals surface area contributed by atoms with Crippen molar-refractivity contribution < 1.29 is 4.79 Å². The van der Waals surface area contributed by atoms with Crippen molar-refractivity contribution in [2.75, 3.05) is 5.32 Å². The lowest BCUT2D eigenvalue weighted by molar-refractivity contribution is -0.111.